The Hall–Kier alpha value is -4.32. The number of hydrogen-bond acceptors (Lipinski definition) is 4. The second kappa shape index (κ2) is 15.6. The van der Waals surface area contributed by atoms with E-state index in [2.05, 4.69) is 85.2 Å². The number of nitrogens with one attached hydrogen (secondary N) is 2. The van der Waals surface area contributed by atoms with Gasteiger partial charge in [0, 0.05) is 30.4 Å². The molecule has 0 aromatic heterocycles. The van der Waals surface area contributed by atoms with Gasteiger partial charge in [0.15, 0.2) is 0 Å². The second-order valence-corrected chi connectivity index (χ2v) is 12.3. The highest BCUT2D eigenvalue weighted by molar-refractivity contribution is 5.81. The summed E-state index contributed by atoms with van der Waals surface area (Å²) < 4.78 is 0. The molecule has 0 fully saturated rings. The van der Waals surface area contributed by atoms with Gasteiger partial charge >= 0.3 is 5.97 Å². The zero-order chi connectivity index (χ0) is 31.6. The highest BCUT2D eigenvalue weighted by atomic mass is 16.4. The minimum Gasteiger partial charge on any atom is -0.481 e. The molecule has 5 rings (SSSR count). The van der Waals surface area contributed by atoms with Crippen molar-refractivity contribution < 1.29 is 14.7 Å². The number of carboxylic acids is 1. The molecule has 1 amide bonds. The quantitative estimate of drug-likeness (QED) is 0.212. The van der Waals surface area contributed by atoms with Crippen molar-refractivity contribution in [3.8, 4) is 0 Å². The number of allylic oxidation sites excluding steroid dienone is 6. The fraction of sp³-hybridized carbons (Fsp3) is 0.385. The van der Waals surface area contributed by atoms with Crippen LogP contribution < -0.4 is 10.6 Å². The molecule has 6 heteroatoms. The average Bonchev–Trinajstić information content (AvgIpc) is 3.06. The van der Waals surface area contributed by atoms with Gasteiger partial charge in [-0.15, -0.1) is 0 Å². The Morgan fingerprint density at radius 2 is 1.64 bits per heavy atom. The van der Waals surface area contributed by atoms with Crippen molar-refractivity contribution in [2.45, 2.75) is 71.6 Å². The minimum absolute atomic E-state index is 0.0432. The molecule has 3 aliphatic rings. The molecule has 2 atom stereocenters. The Balaban J connectivity index is 1.28. The van der Waals surface area contributed by atoms with Crippen molar-refractivity contribution >= 4 is 11.9 Å². The van der Waals surface area contributed by atoms with E-state index in [1.54, 1.807) is 0 Å². The van der Waals surface area contributed by atoms with Crippen molar-refractivity contribution in [3.63, 3.8) is 0 Å². The molecule has 0 saturated heterocycles. The zero-order valence-electron chi connectivity index (χ0n) is 26.7. The molecule has 6 nitrogen and oxygen atoms in total. The van der Waals surface area contributed by atoms with E-state index >= 15 is 0 Å². The maximum atomic E-state index is 13.7. The Bertz CT molecular complexity index is 1510. The first-order valence-electron chi connectivity index (χ1n) is 16.6. The third-order valence-corrected chi connectivity index (χ3v) is 9.06. The predicted octanol–water partition coefficient (Wildman–Crippen LogP) is 7.22. The van der Waals surface area contributed by atoms with Crippen molar-refractivity contribution in [2.24, 2.45) is 11.8 Å². The van der Waals surface area contributed by atoms with E-state index in [1.165, 1.54) is 22.5 Å². The summed E-state index contributed by atoms with van der Waals surface area (Å²) in [4.78, 5) is 26.9. The fourth-order valence-electron chi connectivity index (χ4n) is 6.53. The zero-order valence-corrected chi connectivity index (χ0v) is 26.7. The topological polar surface area (TPSA) is 81.7 Å². The summed E-state index contributed by atoms with van der Waals surface area (Å²) in [5.41, 5.74) is 9.11. The summed E-state index contributed by atoms with van der Waals surface area (Å²) in [7, 11) is 0. The molecule has 3 N–H and O–H groups in total. The smallest absolute Gasteiger partial charge is 0.307 e. The van der Waals surface area contributed by atoms with Crippen LogP contribution in [0.4, 0.5) is 0 Å². The first kappa shape index (κ1) is 32.1. The molecule has 2 aromatic rings. The molecule has 1 aliphatic heterocycles. The van der Waals surface area contributed by atoms with Crippen LogP contribution in [0.2, 0.25) is 0 Å². The molecule has 0 saturated carbocycles. The number of benzene rings is 2. The van der Waals surface area contributed by atoms with E-state index in [0.717, 1.165) is 74.0 Å². The van der Waals surface area contributed by atoms with Gasteiger partial charge in [0.1, 0.15) is 0 Å². The number of carbonyl (C=O) groups is 2. The minimum atomic E-state index is -0.809. The Morgan fingerprint density at radius 3 is 2.38 bits per heavy atom. The summed E-state index contributed by atoms with van der Waals surface area (Å²) in [5.74, 6) is -0.529. The Morgan fingerprint density at radius 1 is 0.867 bits per heavy atom. The lowest BCUT2D eigenvalue weighted by atomic mass is 9.88. The second-order valence-electron chi connectivity index (χ2n) is 12.3. The highest BCUT2D eigenvalue weighted by Gasteiger charge is 2.30. The standard InChI is InChI=1S/C39H47N3O3/c1-3-28-18-20-32(21-19-28)38-35(17-9-14-30-13-8-15-31(25-30)26-37(43)44)40-36-27-33(22-23-34(36)41-38)39(45)42(4-2)24-10-16-29-11-6-5-7-12-29/h5-8,11-13,15,18-20,23,25,27,32-33,40-41H,3-4,9-10,14,16-17,21-22,24,26H2,1-2H3,(H,43,44). The first-order chi connectivity index (χ1) is 21.9. The third-order valence-electron chi connectivity index (χ3n) is 9.06. The average molecular weight is 606 g/mol. The number of carbonyl (C=O) groups excluding carboxylic acids is 1. The van der Waals surface area contributed by atoms with E-state index in [1.807, 2.05) is 29.2 Å². The number of aliphatic carboxylic acids is 1. The van der Waals surface area contributed by atoms with Crippen molar-refractivity contribution in [3.05, 3.63) is 130 Å². The van der Waals surface area contributed by atoms with Crippen LogP contribution in [0.15, 0.2) is 113 Å². The lowest BCUT2D eigenvalue weighted by Gasteiger charge is -2.35. The van der Waals surface area contributed by atoms with Gasteiger partial charge in [-0.2, -0.15) is 0 Å². The van der Waals surface area contributed by atoms with Gasteiger partial charge in [-0.25, -0.2) is 0 Å². The number of nitrogens with zero attached hydrogens (tertiary/aromatic N) is 1. The van der Waals surface area contributed by atoms with E-state index < -0.39 is 5.97 Å². The van der Waals surface area contributed by atoms with Gasteiger partial charge in [-0.3, -0.25) is 9.59 Å². The van der Waals surface area contributed by atoms with Gasteiger partial charge in [-0.05, 0) is 81.1 Å². The van der Waals surface area contributed by atoms with Gasteiger partial charge < -0.3 is 20.6 Å². The van der Waals surface area contributed by atoms with Crippen molar-refractivity contribution in [1.29, 1.82) is 0 Å². The van der Waals surface area contributed by atoms with E-state index in [-0.39, 0.29) is 24.2 Å². The highest BCUT2D eigenvalue weighted by Crippen LogP contribution is 2.33. The summed E-state index contributed by atoms with van der Waals surface area (Å²) in [6, 6.07) is 18.4. The molecule has 45 heavy (non-hydrogen) atoms. The molecule has 2 unspecified atom stereocenters. The summed E-state index contributed by atoms with van der Waals surface area (Å²) in [6.07, 6.45) is 18.5. The number of fused-ring (bicyclic) bond motifs is 1. The Kier molecular flexibility index (Phi) is 11.1. The van der Waals surface area contributed by atoms with Crippen LogP contribution in [0.5, 0.6) is 0 Å². The number of rotatable bonds is 14. The van der Waals surface area contributed by atoms with Crippen LogP contribution in [0.1, 0.15) is 69.1 Å². The van der Waals surface area contributed by atoms with E-state index in [9.17, 15) is 14.7 Å². The largest absolute Gasteiger partial charge is 0.481 e. The predicted molar refractivity (Wildman–Crippen MR) is 181 cm³/mol. The van der Waals surface area contributed by atoms with Crippen LogP contribution in [0.25, 0.3) is 0 Å². The maximum Gasteiger partial charge on any atom is 0.307 e. The monoisotopic (exact) mass is 605 g/mol. The molecule has 2 aliphatic carbocycles. The normalized spacial score (nSPS) is 19.0. The molecule has 0 bridgehead atoms. The van der Waals surface area contributed by atoms with Crippen molar-refractivity contribution in [1.82, 2.24) is 15.5 Å². The summed E-state index contributed by atoms with van der Waals surface area (Å²) in [5, 5.41) is 16.7. The van der Waals surface area contributed by atoms with Crippen molar-refractivity contribution in [2.75, 3.05) is 13.1 Å². The lowest BCUT2D eigenvalue weighted by molar-refractivity contribution is -0.136. The van der Waals surface area contributed by atoms with Gasteiger partial charge in [0.05, 0.1) is 23.7 Å². The molecular formula is C39H47N3O3. The third kappa shape index (κ3) is 8.65. The molecule has 0 radical (unpaired) electrons. The molecule has 2 aromatic carbocycles. The van der Waals surface area contributed by atoms with Crippen LogP contribution in [0, 0.1) is 11.8 Å². The SMILES string of the molecule is CCC1=CCC(C2=C(CCCc3cccc(CC(=O)O)c3)NC3=CC(C(=O)N(CC)CCCc4ccccc4)CC=C3N2)C=C1. The lowest BCUT2D eigenvalue weighted by Crippen LogP contribution is -2.40. The Labute approximate surface area is 268 Å². The number of hydrogen-bond donors (Lipinski definition) is 3. The number of amides is 1. The van der Waals surface area contributed by atoms with Gasteiger partial charge in [0.25, 0.3) is 0 Å². The van der Waals surface area contributed by atoms with Crippen LogP contribution in [-0.2, 0) is 28.9 Å². The van der Waals surface area contributed by atoms with Crippen LogP contribution in [0.3, 0.4) is 0 Å². The molecule has 1 heterocycles. The van der Waals surface area contributed by atoms with E-state index in [0.29, 0.717) is 13.0 Å². The molecule has 0 spiro atoms. The molecule has 236 valence electrons. The van der Waals surface area contributed by atoms with E-state index in [4.69, 9.17) is 0 Å². The molecular weight excluding hydrogens is 558 g/mol. The summed E-state index contributed by atoms with van der Waals surface area (Å²) >= 11 is 0. The fourth-order valence-corrected chi connectivity index (χ4v) is 6.53. The first-order valence-corrected chi connectivity index (χ1v) is 16.6. The maximum absolute atomic E-state index is 13.7. The number of aryl methyl sites for hydroxylation is 2. The van der Waals surface area contributed by atoms with Crippen LogP contribution >= 0.6 is 0 Å². The van der Waals surface area contributed by atoms with Gasteiger partial charge in [0.2, 0.25) is 5.91 Å². The summed E-state index contributed by atoms with van der Waals surface area (Å²) in [6.45, 7) is 5.73. The van der Waals surface area contributed by atoms with Crippen LogP contribution in [-0.4, -0.2) is 35.0 Å². The number of carboxylic acid groups (broad SMARTS) is 1. The van der Waals surface area contributed by atoms with Gasteiger partial charge in [-0.1, -0.05) is 91.4 Å².